The van der Waals surface area contributed by atoms with E-state index in [1.54, 1.807) is 41.8 Å². The van der Waals surface area contributed by atoms with Crippen LogP contribution in [-0.4, -0.2) is 48.8 Å². The number of esters is 1. The highest BCUT2D eigenvalue weighted by Gasteiger charge is 2.30. The number of rotatable bonds is 9. The molecular formula is C21H22N2O5S2. The minimum absolute atomic E-state index is 0.191. The number of amides is 1. The molecule has 1 aliphatic rings. The van der Waals surface area contributed by atoms with Crippen molar-refractivity contribution in [2.45, 2.75) is 13.3 Å². The van der Waals surface area contributed by atoms with E-state index < -0.39 is 5.97 Å². The van der Waals surface area contributed by atoms with Crippen LogP contribution in [0.4, 0.5) is 0 Å². The number of benzene rings is 1. The van der Waals surface area contributed by atoms with E-state index in [2.05, 4.69) is 5.32 Å². The van der Waals surface area contributed by atoms with Gasteiger partial charge in [0.2, 0.25) is 0 Å². The van der Waals surface area contributed by atoms with Crippen LogP contribution in [-0.2, 0) is 9.53 Å². The first-order valence-electron chi connectivity index (χ1n) is 9.39. The lowest BCUT2D eigenvalue weighted by Crippen LogP contribution is -2.32. The molecule has 1 aromatic heterocycles. The van der Waals surface area contributed by atoms with E-state index in [-0.39, 0.29) is 5.91 Å². The summed E-state index contributed by atoms with van der Waals surface area (Å²) in [6.45, 7) is 3.63. The number of carbonyl (C=O) groups is 2. The summed E-state index contributed by atoms with van der Waals surface area (Å²) in [4.78, 5) is 26.9. The SMILES string of the molecule is CCOCCCN1C(=O)/C(=C\c2ccc(OC(=O)c3cccs3)c(OC)c2)NC1=S. The van der Waals surface area contributed by atoms with Gasteiger partial charge in [0.15, 0.2) is 16.6 Å². The number of ether oxygens (including phenoxy) is 3. The summed E-state index contributed by atoms with van der Waals surface area (Å²) < 4.78 is 16.1. The van der Waals surface area contributed by atoms with E-state index in [0.29, 0.717) is 58.9 Å². The van der Waals surface area contributed by atoms with Gasteiger partial charge in [-0.25, -0.2) is 4.79 Å². The minimum atomic E-state index is -0.449. The maximum Gasteiger partial charge on any atom is 0.353 e. The van der Waals surface area contributed by atoms with Gasteiger partial charge in [0, 0.05) is 19.8 Å². The highest BCUT2D eigenvalue weighted by atomic mass is 32.1. The minimum Gasteiger partial charge on any atom is -0.493 e. The van der Waals surface area contributed by atoms with Gasteiger partial charge in [-0.05, 0) is 60.8 Å². The average molecular weight is 447 g/mol. The monoisotopic (exact) mass is 446 g/mol. The van der Waals surface area contributed by atoms with Gasteiger partial charge in [0.05, 0.1) is 7.11 Å². The topological polar surface area (TPSA) is 77.1 Å². The summed E-state index contributed by atoms with van der Waals surface area (Å²) >= 11 is 6.58. The molecule has 9 heteroatoms. The fraction of sp³-hybridized carbons (Fsp3) is 0.286. The number of nitrogens with zero attached hydrogens (tertiary/aromatic N) is 1. The van der Waals surface area contributed by atoms with Crippen molar-refractivity contribution in [2.24, 2.45) is 0 Å². The summed E-state index contributed by atoms with van der Waals surface area (Å²) in [5.74, 6) is 0.0476. The maximum atomic E-state index is 12.6. The first kappa shape index (κ1) is 21.9. The molecule has 1 aromatic carbocycles. The zero-order valence-electron chi connectivity index (χ0n) is 16.7. The van der Waals surface area contributed by atoms with Gasteiger partial charge in [0.1, 0.15) is 10.6 Å². The van der Waals surface area contributed by atoms with Crippen molar-refractivity contribution in [3.05, 3.63) is 51.8 Å². The van der Waals surface area contributed by atoms with E-state index in [1.165, 1.54) is 23.3 Å². The lowest BCUT2D eigenvalue weighted by Gasteiger charge is -2.13. The zero-order chi connectivity index (χ0) is 21.5. The van der Waals surface area contributed by atoms with Crippen LogP contribution in [0.25, 0.3) is 6.08 Å². The Hall–Kier alpha value is -2.75. The van der Waals surface area contributed by atoms with Crippen LogP contribution in [0.5, 0.6) is 11.5 Å². The number of thiocarbonyl (C=S) groups is 1. The van der Waals surface area contributed by atoms with Gasteiger partial charge < -0.3 is 19.5 Å². The second-order valence-corrected chi connectivity index (χ2v) is 7.61. The molecule has 158 valence electrons. The summed E-state index contributed by atoms with van der Waals surface area (Å²) in [5.41, 5.74) is 1.08. The number of hydrogen-bond acceptors (Lipinski definition) is 7. The lowest BCUT2D eigenvalue weighted by molar-refractivity contribution is -0.122. The third kappa shape index (κ3) is 5.24. The summed E-state index contributed by atoms with van der Waals surface area (Å²) in [7, 11) is 1.49. The van der Waals surface area contributed by atoms with Crippen molar-refractivity contribution in [1.29, 1.82) is 0 Å². The Kier molecular flexibility index (Phi) is 7.56. The molecular weight excluding hydrogens is 424 g/mol. The molecule has 0 atom stereocenters. The fourth-order valence-corrected chi connectivity index (χ4v) is 3.70. The standard InChI is InChI=1S/C21H22N2O5S2/c1-3-27-10-5-9-23-19(24)15(22-21(23)29)12-14-7-8-16(17(13-14)26-2)28-20(25)18-6-4-11-30-18/h4,6-8,11-13H,3,5,9-10H2,1-2H3,(H,22,29)/b15-12+. The second kappa shape index (κ2) is 10.3. The molecule has 1 aliphatic heterocycles. The van der Waals surface area contributed by atoms with Crippen molar-refractivity contribution in [3.63, 3.8) is 0 Å². The Labute approximate surface area is 184 Å². The molecule has 0 bridgehead atoms. The maximum absolute atomic E-state index is 12.6. The van der Waals surface area contributed by atoms with Crippen LogP contribution in [0.15, 0.2) is 41.4 Å². The summed E-state index contributed by atoms with van der Waals surface area (Å²) in [5, 5.41) is 5.13. The second-order valence-electron chi connectivity index (χ2n) is 6.27. The summed E-state index contributed by atoms with van der Waals surface area (Å²) in [6, 6.07) is 8.54. The Bertz CT molecular complexity index is 956. The lowest BCUT2D eigenvalue weighted by atomic mass is 10.1. The van der Waals surface area contributed by atoms with Gasteiger partial charge in [-0.3, -0.25) is 9.69 Å². The molecule has 0 unspecified atom stereocenters. The quantitative estimate of drug-likeness (QED) is 0.208. The predicted molar refractivity (Wildman–Crippen MR) is 119 cm³/mol. The van der Waals surface area contributed by atoms with Crippen molar-refractivity contribution in [1.82, 2.24) is 10.2 Å². The number of nitrogens with one attached hydrogen (secondary N) is 1. The third-order valence-electron chi connectivity index (χ3n) is 4.26. The smallest absolute Gasteiger partial charge is 0.353 e. The molecule has 1 fully saturated rings. The summed E-state index contributed by atoms with van der Waals surface area (Å²) in [6.07, 6.45) is 2.39. The van der Waals surface area contributed by atoms with Crippen molar-refractivity contribution < 1.29 is 23.8 Å². The highest BCUT2D eigenvalue weighted by molar-refractivity contribution is 7.80. The van der Waals surface area contributed by atoms with E-state index in [1.807, 2.05) is 6.92 Å². The Morgan fingerprint density at radius 1 is 1.30 bits per heavy atom. The molecule has 30 heavy (non-hydrogen) atoms. The fourth-order valence-electron chi connectivity index (χ4n) is 2.81. The van der Waals surface area contributed by atoms with Gasteiger partial charge >= 0.3 is 5.97 Å². The molecule has 1 N–H and O–H groups in total. The van der Waals surface area contributed by atoms with Crippen LogP contribution in [0, 0.1) is 0 Å². The van der Waals surface area contributed by atoms with Crippen molar-refractivity contribution in [2.75, 3.05) is 26.9 Å². The van der Waals surface area contributed by atoms with Crippen LogP contribution in [0.3, 0.4) is 0 Å². The molecule has 0 radical (unpaired) electrons. The molecule has 7 nitrogen and oxygen atoms in total. The molecule has 0 aliphatic carbocycles. The molecule has 2 heterocycles. The Morgan fingerprint density at radius 3 is 2.83 bits per heavy atom. The molecule has 2 aromatic rings. The van der Waals surface area contributed by atoms with Crippen LogP contribution < -0.4 is 14.8 Å². The average Bonchev–Trinajstić information content (AvgIpc) is 3.36. The van der Waals surface area contributed by atoms with E-state index >= 15 is 0 Å². The van der Waals surface area contributed by atoms with Gasteiger partial charge in [-0.15, -0.1) is 11.3 Å². The number of carbonyl (C=O) groups excluding carboxylic acids is 2. The highest BCUT2D eigenvalue weighted by Crippen LogP contribution is 2.30. The van der Waals surface area contributed by atoms with E-state index in [9.17, 15) is 9.59 Å². The van der Waals surface area contributed by atoms with Gasteiger partial charge in [0.25, 0.3) is 5.91 Å². The van der Waals surface area contributed by atoms with E-state index in [4.69, 9.17) is 26.4 Å². The van der Waals surface area contributed by atoms with E-state index in [0.717, 1.165) is 0 Å². The van der Waals surface area contributed by atoms with Crippen LogP contribution >= 0.6 is 23.6 Å². The molecule has 0 saturated carbocycles. The van der Waals surface area contributed by atoms with Gasteiger partial charge in [-0.2, -0.15) is 0 Å². The first-order chi connectivity index (χ1) is 14.5. The Balaban J connectivity index is 1.71. The van der Waals surface area contributed by atoms with Crippen molar-refractivity contribution >= 4 is 46.6 Å². The number of thiophene rings is 1. The molecule has 3 rings (SSSR count). The predicted octanol–water partition coefficient (Wildman–Crippen LogP) is 3.46. The number of methoxy groups -OCH3 is 1. The molecule has 1 saturated heterocycles. The van der Waals surface area contributed by atoms with Crippen LogP contribution in [0.1, 0.15) is 28.6 Å². The largest absolute Gasteiger partial charge is 0.493 e. The first-order valence-corrected chi connectivity index (χ1v) is 10.7. The normalized spacial score (nSPS) is 14.9. The van der Waals surface area contributed by atoms with Crippen LogP contribution in [0.2, 0.25) is 0 Å². The molecule has 0 spiro atoms. The molecule has 1 amide bonds. The third-order valence-corrected chi connectivity index (χ3v) is 5.43. The van der Waals surface area contributed by atoms with Crippen molar-refractivity contribution in [3.8, 4) is 11.5 Å². The van der Waals surface area contributed by atoms with Gasteiger partial charge in [-0.1, -0.05) is 12.1 Å². The zero-order valence-corrected chi connectivity index (χ0v) is 18.3. The number of hydrogen-bond donors (Lipinski definition) is 1. The Morgan fingerprint density at radius 2 is 2.13 bits per heavy atom.